The molecule has 14 heteroatoms. The molecule has 7 nitrogen and oxygen atoms in total. The summed E-state index contributed by atoms with van der Waals surface area (Å²) < 4.78 is 107. The predicted octanol–water partition coefficient (Wildman–Crippen LogP) is 6.62. The first-order valence-electron chi connectivity index (χ1n) is 14.0. The fourth-order valence-electron chi connectivity index (χ4n) is 6.04. The van der Waals surface area contributed by atoms with Gasteiger partial charge in [-0.2, -0.15) is 13.2 Å². The lowest BCUT2D eigenvalue weighted by molar-refractivity contribution is -0.150. The largest absolute Gasteiger partial charge is 0.451 e. The Morgan fingerprint density at radius 2 is 1.68 bits per heavy atom. The van der Waals surface area contributed by atoms with Gasteiger partial charge in [-0.25, -0.2) is 32.3 Å². The number of carbonyl (C=O) groups is 1. The second kappa shape index (κ2) is 10.9. The van der Waals surface area contributed by atoms with E-state index in [9.17, 15) is 26.7 Å². The minimum absolute atomic E-state index is 0.150. The maximum atomic E-state index is 15.1. The molecule has 1 aliphatic carbocycles. The van der Waals surface area contributed by atoms with E-state index < -0.39 is 66.3 Å². The van der Waals surface area contributed by atoms with Crippen molar-refractivity contribution in [2.24, 2.45) is 11.3 Å². The smallest absolute Gasteiger partial charge is 0.444 e. The van der Waals surface area contributed by atoms with Gasteiger partial charge in [-0.05, 0) is 33.6 Å². The van der Waals surface area contributed by atoms with E-state index in [1.165, 1.54) is 27.8 Å². The number of anilines is 2. The molecule has 1 aromatic rings. The van der Waals surface area contributed by atoms with Crippen LogP contribution in [0.25, 0.3) is 0 Å². The van der Waals surface area contributed by atoms with Crippen LogP contribution in [0.2, 0.25) is 0 Å². The van der Waals surface area contributed by atoms with Gasteiger partial charge in [-0.1, -0.05) is 19.3 Å². The first-order valence-corrected chi connectivity index (χ1v) is 14.0. The summed E-state index contributed by atoms with van der Waals surface area (Å²) >= 11 is 0. The van der Waals surface area contributed by atoms with Gasteiger partial charge in [0.25, 0.3) is 11.8 Å². The molecule has 1 atom stereocenters. The Morgan fingerprint density at radius 3 is 2.29 bits per heavy atom. The molecule has 0 N–H and O–H groups in total. The number of rotatable bonds is 4. The topological polar surface area (TPSA) is 61.8 Å². The Balaban J connectivity index is 1.59. The highest BCUT2D eigenvalue weighted by atomic mass is 19.4. The van der Waals surface area contributed by atoms with Gasteiger partial charge in [-0.3, -0.25) is 0 Å². The van der Waals surface area contributed by atoms with E-state index in [0.29, 0.717) is 12.8 Å². The molecule has 3 fully saturated rings. The van der Waals surface area contributed by atoms with Crippen LogP contribution in [0.5, 0.6) is 0 Å². The number of piperidine rings is 2. The quantitative estimate of drug-likeness (QED) is 0.364. The summed E-state index contributed by atoms with van der Waals surface area (Å²) in [6.45, 7) is 3.61. The number of aromatic nitrogens is 2. The van der Waals surface area contributed by atoms with Gasteiger partial charge >= 0.3 is 12.3 Å². The maximum absolute atomic E-state index is 15.1. The zero-order valence-corrected chi connectivity index (χ0v) is 23.8. The third-order valence-electron chi connectivity index (χ3n) is 8.34. The van der Waals surface area contributed by atoms with E-state index in [4.69, 9.17) is 4.74 Å². The van der Waals surface area contributed by atoms with E-state index in [0.717, 1.165) is 6.42 Å². The van der Waals surface area contributed by atoms with Crippen LogP contribution >= 0.6 is 0 Å². The van der Waals surface area contributed by atoms with Crippen LogP contribution in [-0.2, 0) is 10.9 Å². The molecule has 2 aliphatic heterocycles. The number of hydrogen-bond acceptors (Lipinski definition) is 6. The number of nitrogens with zero attached hydrogens (tertiary/aromatic N) is 5. The van der Waals surface area contributed by atoms with E-state index >= 15 is 8.78 Å². The van der Waals surface area contributed by atoms with Crippen molar-refractivity contribution < 1.29 is 40.3 Å². The van der Waals surface area contributed by atoms with Crippen LogP contribution in [0.15, 0.2) is 6.07 Å². The third-order valence-corrected chi connectivity index (χ3v) is 8.34. The molecule has 2 saturated heterocycles. The summed E-state index contributed by atoms with van der Waals surface area (Å²) in [6.07, 6.45) is -4.24. The highest BCUT2D eigenvalue weighted by Crippen LogP contribution is 2.53. The van der Waals surface area contributed by atoms with Crippen molar-refractivity contribution in [3.8, 4) is 0 Å². The Bertz CT molecular complexity index is 1100. The molecule has 41 heavy (non-hydrogen) atoms. The number of likely N-dealkylation sites (tertiary alicyclic amines) is 1. The number of hydrogen-bond donors (Lipinski definition) is 0. The molecule has 1 aromatic heterocycles. The lowest BCUT2D eigenvalue weighted by Crippen LogP contribution is -2.56. The molecule has 0 radical (unpaired) electrons. The normalized spacial score (nSPS) is 24.3. The molecule has 3 aliphatic rings. The van der Waals surface area contributed by atoms with Crippen LogP contribution in [0.4, 0.5) is 47.2 Å². The van der Waals surface area contributed by atoms with Gasteiger partial charge in [0.1, 0.15) is 17.2 Å². The highest BCUT2D eigenvalue weighted by molar-refractivity contribution is 5.68. The summed E-state index contributed by atoms with van der Waals surface area (Å²) in [5.74, 6) is -9.46. The van der Waals surface area contributed by atoms with Gasteiger partial charge in [0.05, 0.1) is 11.3 Å². The van der Waals surface area contributed by atoms with Crippen molar-refractivity contribution in [2.45, 2.75) is 89.3 Å². The molecule has 0 bridgehead atoms. The molecule has 1 saturated carbocycles. The van der Waals surface area contributed by atoms with E-state index in [-0.39, 0.29) is 50.7 Å². The second-order valence-electron chi connectivity index (χ2n) is 12.6. The van der Waals surface area contributed by atoms with E-state index in [1.54, 1.807) is 20.8 Å². The number of alkyl halides is 7. The molecule has 1 spiro atoms. The fraction of sp³-hybridized carbons (Fsp3) is 0.815. The lowest BCUT2D eigenvalue weighted by Gasteiger charge is -2.50. The Kier molecular flexibility index (Phi) is 8.38. The summed E-state index contributed by atoms with van der Waals surface area (Å²) in [5.41, 5.74) is -2.18. The number of carbonyl (C=O) groups excluding carboxylic acids is 1. The summed E-state index contributed by atoms with van der Waals surface area (Å²) in [5, 5.41) is 0. The summed E-state index contributed by atoms with van der Waals surface area (Å²) in [7, 11) is 1.34. The van der Waals surface area contributed by atoms with Crippen molar-refractivity contribution in [1.82, 2.24) is 14.9 Å². The third kappa shape index (κ3) is 6.93. The van der Waals surface area contributed by atoms with Crippen LogP contribution in [0, 0.1) is 11.3 Å². The average Bonchev–Trinajstić information content (AvgIpc) is 2.85. The molecule has 1 amide bonds. The lowest BCUT2D eigenvalue weighted by atomic mass is 9.66. The van der Waals surface area contributed by atoms with Crippen molar-refractivity contribution in [2.75, 3.05) is 49.6 Å². The average molecular weight is 598 g/mol. The number of halogens is 7. The van der Waals surface area contributed by atoms with Gasteiger partial charge in [0, 0.05) is 58.7 Å². The van der Waals surface area contributed by atoms with Crippen molar-refractivity contribution in [3.05, 3.63) is 11.9 Å². The van der Waals surface area contributed by atoms with Gasteiger partial charge < -0.3 is 19.4 Å². The Morgan fingerprint density at radius 1 is 1.02 bits per heavy atom. The standard InChI is InChI=1S/C27H38F7N5O2/c1-23(2,3)41-22(40)38-12-10-25(28,29)18(16-38)15-37(4)19-14-20(36-21(35-19)27(32,33)34)39-13-11-26(30,31)24(17-39)8-6-5-7-9-24/h14,18H,5-13,15-17H2,1-4H3. The first kappa shape index (κ1) is 31.4. The minimum atomic E-state index is -4.95. The predicted molar refractivity (Wildman–Crippen MR) is 138 cm³/mol. The van der Waals surface area contributed by atoms with E-state index in [1.807, 2.05) is 0 Å². The van der Waals surface area contributed by atoms with Crippen molar-refractivity contribution in [1.29, 1.82) is 0 Å². The molecular weight excluding hydrogens is 559 g/mol. The van der Waals surface area contributed by atoms with Crippen LogP contribution in [0.1, 0.15) is 71.5 Å². The van der Waals surface area contributed by atoms with Gasteiger partial charge in [0.15, 0.2) is 0 Å². The molecule has 1 unspecified atom stereocenters. The first-order chi connectivity index (χ1) is 18.8. The highest BCUT2D eigenvalue weighted by Gasteiger charge is 2.57. The minimum Gasteiger partial charge on any atom is -0.444 e. The van der Waals surface area contributed by atoms with Crippen molar-refractivity contribution >= 4 is 17.7 Å². The summed E-state index contributed by atoms with van der Waals surface area (Å²) in [6, 6.07) is 1.24. The second-order valence-corrected chi connectivity index (χ2v) is 12.6. The van der Waals surface area contributed by atoms with Crippen LogP contribution in [0.3, 0.4) is 0 Å². The number of ether oxygens (including phenoxy) is 1. The molecule has 232 valence electrons. The molecule has 3 heterocycles. The van der Waals surface area contributed by atoms with Crippen LogP contribution < -0.4 is 9.80 Å². The van der Waals surface area contributed by atoms with Crippen molar-refractivity contribution in [3.63, 3.8) is 0 Å². The SMILES string of the molecule is CN(CC1CN(C(=O)OC(C)(C)C)CCC1(F)F)c1cc(N2CCC(F)(F)C3(CCCCC3)C2)nc(C(F)(F)F)n1. The Hall–Kier alpha value is -2.54. The van der Waals surface area contributed by atoms with Crippen LogP contribution in [-0.4, -0.2) is 78.2 Å². The zero-order valence-electron chi connectivity index (χ0n) is 23.8. The Labute approximate surface area is 235 Å². The summed E-state index contributed by atoms with van der Waals surface area (Å²) in [4.78, 5) is 23.6. The van der Waals surface area contributed by atoms with Gasteiger partial charge in [0.2, 0.25) is 5.82 Å². The maximum Gasteiger partial charge on any atom is 0.451 e. The fourth-order valence-corrected chi connectivity index (χ4v) is 6.04. The molecular formula is C27H38F7N5O2. The molecule has 0 aromatic carbocycles. The van der Waals surface area contributed by atoms with Gasteiger partial charge in [-0.15, -0.1) is 0 Å². The van der Waals surface area contributed by atoms with E-state index in [2.05, 4.69) is 9.97 Å². The monoisotopic (exact) mass is 597 g/mol. The zero-order chi connectivity index (χ0) is 30.4. The molecule has 4 rings (SSSR count). The number of amides is 1.